The molecule has 0 aliphatic carbocycles. The summed E-state index contributed by atoms with van der Waals surface area (Å²) in [6, 6.07) is 0. The van der Waals surface area contributed by atoms with Crippen LogP contribution in [-0.2, 0) is 41.8 Å². The van der Waals surface area contributed by atoms with Gasteiger partial charge in [0.25, 0.3) is 0 Å². The van der Waals surface area contributed by atoms with Crippen molar-refractivity contribution in [3.63, 3.8) is 0 Å². The van der Waals surface area contributed by atoms with Gasteiger partial charge in [0.2, 0.25) is 0 Å². The zero-order valence-electron chi connectivity index (χ0n) is 33.5. The van der Waals surface area contributed by atoms with E-state index >= 15 is 0 Å². The van der Waals surface area contributed by atoms with Crippen molar-refractivity contribution >= 4 is 27.6 Å². The number of hydrogen-bond acceptors (Lipinski definition) is 11. The van der Waals surface area contributed by atoms with E-state index in [0.717, 1.165) is 63.7 Å². The molecule has 0 aromatic rings. The van der Waals surface area contributed by atoms with Crippen LogP contribution in [0, 0.1) is 5.92 Å². The number of rotatable bonds is 37. The maximum Gasteiger partial charge on any atom is 0.472 e. The van der Waals surface area contributed by atoms with Gasteiger partial charge in [-0.3, -0.25) is 23.2 Å². The molecule has 0 bridgehead atoms. The molecule has 0 amide bonds. The SMILES string of the molecule is CC/C=C/CC(O)/C=C/C=C/CCCCCCCC(=O)O[C@H](COC(=O)CCCCCCCCCCC(C)CC)COP(=O)(O)OC[C@@H](O)COP(=O)(O)O. The maximum atomic E-state index is 12.6. The smallest absolute Gasteiger partial charge is 0.462 e. The van der Waals surface area contributed by atoms with Gasteiger partial charge in [-0.25, -0.2) is 9.13 Å². The molecular weight excluding hydrogens is 754 g/mol. The Morgan fingerprint density at radius 3 is 1.84 bits per heavy atom. The molecular formula is C39H72O14P2. The van der Waals surface area contributed by atoms with Crippen LogP contribution in [0.3, 0.4) is 0 Å². The molecule has 16 heteroatoms. The summed E-state index contributed by atoms with van der Waals surface area (Å²) in [6.45, 7) is 3.79. The Hall–Kier alpha value is -1.70. The van der Waals surface area contributed by atoms with Crippen LogP contribution in [0.25, 0.3) is 0 Å². The fraction of sp³-hybridized carbons (Fsp3) is 0.795. The van der Waals surface area contributed by atoms with Gasteiger partial charge >= 0.3 is 27.6 Å². The van der Waals surface area contributed by atoms with Crippen molar-refractivity contribution in [1.82, 2.24) is 0 Å². The van der Waals surface area contributed by atoms with E-state index in [-0.39, 0.29) is 12.8 Å². The van der Waals surface area contributed by atoms with Crippen LogP contribution in [0.2, 0.25) is 0 Å². The highest BCUT2D eigenvalue weighted by atomic mass is 31.2. The van der Waals surface area contributed by atoms with Crippen LogP contribution in [-0.4, -0.2) is 81.6 Å². The van der Waals surface area contributed by atoms with Crippen molar-refractivity contribution in [2.75, 3.05) is 26.4 Å². The third kappa shape index (κ3) is 37.6. The fourth-order valence-electron chi connectivity index (χ4n) is 5.18. The lowest BCUT2D eigenvalue weighted by atomic mass is 9.99. The van der Waals surface area contributed by atoms with Gasteiger partial charge in [0.15, 0.2) is 6.10 Å². The van der Waals surface area contributed by atoms with Crippen molar-refractivity contribution in [3.05, 3.63) is 36.5 Å². The number of aliphatic hydroxyl groups excluding tert-OH is 2. The number of hydrogen-bond donors (Lipinski definition) is 5. The standard InChI is InChI=1S/C39H72O14P2/c1-4-6-20-26-35(40)27-22-17-13-8-7-9-15-19-24-29-39(43)53-37(33-52-55(47,48)51-31-36(41)30-50-54(44,45)46)32-49-38(42)28-23-18-14-11-10-12-16-21-25-34(3)5-2/h6,13,17,20,22,27,34-37,40-41H,4-5,7-12,14-16,18-19,21,23-26,28-33H2,1-3H3,(H,47,48)(H2,44,45,46)/b17-13+,20-6+,27-22+/t34?,35?,36-,37+/m0/s1. The van der Waals surface area contributed by atoms with Crippen LogP contribution >= 0.6 is 15.6 Å². The largest absolute Gasteiger partial charge is 0.472 e. The van der Waals surface area contributed by atoms with E-state index in [0.29, 0.717) is 19.3 Å². The number of aliphatic hydroxyl groups is 2. The van der Waals surface area contributed by atoms with Gasteiger partial charge in [-0.2, -0.15) is 0 Å². The first-order valence-electron chi connectivity index (χ1n) is 20.2. The summed E-state index contributed by atoms with van der Waals surface area (Å²) in [5.74, 6) is -0.298. The molecule has 0 aliphatic heterocycles. The Balaban J connectivity index is 4.64. The minimum absolute atomic E-state index is 0.0851. The lowest BCUT2D eigenvalue weighted by molar-refractivity contribution is -0.161. The quantitative estimate of drug-likeness (QED) is 0.0130. The average Bonchev–Trinajstić information content (AvgIpc) is 3.13. The molecule has 55 heavy (non-hydrogen) atoms. The van der Waals surface area contributed by atoms with Crippen molar-refractivity contribution in [2.24, 2.45) is 5.92 Å². The Kier molecular flexibility index (Phi) is 33.3. The molecule has 0 fully saturated rings. The molecule has 322 valence electrons. The van der Waals surface area contributed by atoms with Gasteiger partial charge in [0.1, 0.15) is 12.7 Å². The first kappa shape index (κ1) is 53.3. The van der Waals surface area contributed by atoms with Crippen molar-refractivity contribution in [1.29, 1.82) is 0 Å². The van der Waals surface area contributed by atoms with Crippen LogP contribution in [0.5, 0.6) is 0 Å². The van der Waals surface area contributed by atoms with Crippen LogP contribution < -0.4 is 0 Å². The molecule has 14 nitrogen and oxygen atoms in total. The average molecular weight is 827 g/mol. The van der Waals surface area contributed by atoms with Gasteiger partial charge in [0.05, 0.1) is 25.9 Å². The Bertz CT molecular complexity index is 1160. The maximum absolute atomic E-state index is 12.6. The molecule has 3 unspecified atom stereocenters. The minimum Gasteiger partial charge on any atom is -0.462 e. The van der Waals surface area contributed by atoms with Crippen LogP contribution in [0.1, 0.15) is 149 Å². The summed E-state index contributed by atoms with van der Waals surface area (Å²) in [6.07, 6.45) is 26.3. The number of phosphoric acid groups is 2. The molecule has 0 aromatic heterocycles. The summed E-state index contributed by atoms with van der Waals surface area (Å²) in [5.41, 5.74) is 0. The van der Waals surface area contributed by atoms with Gasteiger partial charge in [-0.15, -0.1) is 0 Å². The highest BCUT2D eigenvalue weighted by Gasteiger charge is 2.28. The van der Waals surface area contributed by atoms with Gasteiger partial charge in [0, 0.05) is 12.8 Å². The Morgan fingerprint density at radius 2 is 1.22 bits per heavy atom. The normalized spacial score (nSPS) is 15.7. The monoisotopic (exact) mass is 826 g/mol. The highest BCUT2D eigenvalue weighted by Crippen LogP contribution is 2.43. The first-order valence-corrected chi connectivity index (χ1v) is 23.2. The first-order chi connectivity index (χ1) is 26.2. The number of phosphoric ester groups is 2. The second-order valence-electron chi connectivity index (χ2n) is 14.0. The van der Waals surface area contributed by atoms with Gasteiger partial charge in [-0.1, -0.05) is 134 Å². The number of carbonyl (C=O) groups excluding carboxylic acids is 2. The third-order valence-corrected chi connectivity index (χ3v) is 10.1. The van der Waals surface area contributed by atoms with Gasteiger partial charge < -0.3 is 34.4 Å². The molecule has 0 heterocycles. The minimum atomic E-state index is -4.87. The Morgan fingerprint density at radius 1 is 0.655 bits per heavy atom. The van der Waals surface area contributed by atoms with Crippen molar-refractivity contribution < 1.29 is 66.7 Å². The molecule has 5 N–H and O–H groups in total. The number of esters is 2. The van der Waals surface area contributed by atoms with Gasteiger partial charge in [-0.05, 0) is 44.4 Å². The van der Waals surface area contributed by atoms with Crippen LogP contribution in [0.4, 0.5) is 0 Å². The zero-order valence-corrected chi connectivity index (χ0v) is 35.3. The van der Waals surface area contributed by atoms with Crippen molar-refractivity contribution in [2.45, 2.75) is 167 Å². The molecule has 0 aliphatic rings. The number of allylic oxidation sites excluding steroid dienone is 4. The zero-order chi connectivity index (χ0) is 41.2. The summed E-state index contributed by atoms with van der Waals surface area (Å²) in [5, 5.41) is 19.6. The second-order valence-corrected chi connectivity index (χ2v) is 16.7. The lowest BCUT2D eigenvalue weighted by Gasteiger charge is -2.20. The van der Waals surface area contributed by atoms with E-state index in [4.69, 9.17) is 23.8 Å². The highest BCUT2D eigenvalue weighted by molar-refractivity contribution is 7.47. The summed E-state index contributed by atoms with van der Waals surface area (Å²) >= 11 is 0. The lowest BCUT2D eigenvalue weighted by Crippen LogP contribution is -2.30. The van der Waals surface area contributed by atoms with Crippen molar-refractivity contribution in [3.8, 4) is 0 Å². The Labute approximate surface area is 329 Å². The topological polar surface area (TPSA) is 216 Å². The number of carbonyl (C=O) groups is 2. The predicted octanol–water partition coefficient (Wildman–Crippen LogP) is 8.55. The predicted molar refractivity (Wildman–Crippen MR) is 213 cm³/mol. The summed E-state index contributed by atoms with van der Waals surface area (Å²) in [7, 11) is -9.69. The van der Waals surface area contributed by atoms with E-state index in [9.17, 15) is 33.8 Å². The molecule has 0 radical (unpaired) electrons. The van der Waals surface area contributed by atoms with E-state index in [2.05, 4.69) is 29.0 Å². The van der Waals surface area contributed by atoms with E-state index in [1.54, 1.807) is 6.08 Å². The van der Waals surface area contributed by atoms with Crippen LogP contribution in [0.15, 0.2) is 36.5 Å². The van der Waals surface area contributed by atoms with E-state index in [1.807, 2.05) is 31.2 Å². The third-order valence-electron chi connectivity index (χ3n) is 8.65. The fourth-order valence-corrected chi connectivity index (χ4v) is 6.34. The molecule has 0 saturated carbocycles. The summed E-state index contributed by atoms with van der Waals surface area (Å²) in [4.78, 5) is 52.5. The summed E-state index contributed by atoms with van der Waals surface area (Å²) < 4.78 is 47.6. The van der Waals surface area contributed by atoms with E-state index < -0.39 is 72.3 Å². The number of unbranched alkanes of at least 4 members (excludes halogenated alkanes) is 12. The number of ether oxygens (including phenoxy) is 2. The molecule has 0 saturated heterocycles. The molecule has 0 rings (SSSR count). The second kappa shape index (κ2) is 34.4. The van der Waals surface area contributed by atoms with E-state index in [1.165, 1.54) is 38.5 Å². The molecule has 0 spiro atoms. The molecule has 5 atom stereocenters. The molecule has 0 aromatic carbocycles.